The number of benzene rings is 2. The number of para-hydroxylation sites is 2. The Kier molecular flexibility index (Phi) is 3.40. The molecule has 0 amide bonds. The first-order valence-corrected chi connectivity index (χ1v) is 9.21. The summed E-state index contributed by atoms with van der Waals surface area (Å²) in [4.78, 5) is 22.6. The lowest BCUT2D eigenvalue weighted by molar-refractivity contribution is 0.826. The van der Waals surface area contributed by atoms with Crippen LogP contribution in [-0.2, 0) is 0 Å². The number of imidazole rings is 1. The molecule has 0 bridgehead atoms. The molecule has 0 aliphatic carbocycles. The zero-order chi connectivity index (χ0) is 19.6. The highest BCUT2D eigenvalue weighted by Gasteiger charge is 2.19. The summed E-state index contributed by atoms with van der Waals surface area (Å²) >= 11 is 0. The second-order valence-corrected chi connectivity index (χ2v) is 7.21. The predicted octanol–water partition coefficient (Wildman–Crippen LogP) is 3.82. The van der Waals surface area contributed by atoms with Crippen LogP contribution in [0.4, 0.5) is 0 Å². The number of aromatic nitrogens is 5. The summed E-state index contributed by atoms with van der Waals surface area (Å²) in [5, 5.41) is 5.04. The van der Waals surface area contributed by atoms with E-state index in [0.29, 0.717) is 22.4 Å². The highest BCUT2D eigenvalue weighted by atomic mass is 16.1. The molecule has 0 aliphatic heterocycles. The van der Waals surface area contributed by atoms with Gasteiger partial charge in [0.2, 0.25) is 5.43 Å². The fourth-order valence-corrected chi connectivity index (χ4v) is 3.70. The Morgan fingerprint density at radius 3 is 2.43 bits per heavy atom. The Labute approximate surface area is 161 Å². The van der Waals surface area contributed by atoms with E-state index in [1.807, 2.05) is 41.7 Å². The van der Waals surface area contributed by atoms with Crippen molar-refractivity contribution >= 4 is 27.7 Å². The molecular formula is C22H19N5O. The summed E-state index contributed by atoms with van der Waals surface area (Å²) in [6, 6.07) is 14.0. The van der Waals surface area contributed by atoms with E-state index < -0.39 is 0 Å². The minimum atomic E-state index is -0.136. The van der Waals surface area contributed by atoms with Gasteiger partial charge in [-0.25, -0.2) is 14.6 Å². The highest BCUT2D eigenvalue weighted by Crippen LogP contribution is 2.24. The monoisotopic (exact) mass is 369 g/mol. The van der Waals surface area contributed by atoms with Gasteiger partial charge in [-0.1, -0.05) is 18.2 Å². The fourth-order valence-electron chi connectivity index (χ4n) is 3.70. The summed E-state index contributed by atoms with van der Waals surface area (Å²) in [5.74, 6) is 0.763. The molecule has 0 saturated heterocycles. The second-order valence-electron chi connectivity index (χ2n) is 7.21. The van der Waals surface area contributed by atoms with Crippen LogP contribution in [0.3, 0.4) is 0 Å². The molecule has 6 heteroatoms. The zero-order valence-corrected chi connectivity index (χ0v) is 16.2. The Hall–Kier alpha value is -3.54. The van der Waals surface area contributed by atoms with Crippen LogP contribution in [0.2, 0.25) is 0 Å². The number of hydrogen-bond acceptors (Lipinski definition) is 4. The topological polar surface area (TPSA) is 65.1 Å². The maximum Gasteiger partial charge on any atom is 0.216 e. The maximum atomic E-state index is 13.1. The summed E-state index contributed by atoms with van der Waals surface area (Å²) in [5.41, 5.74) is 6.46. The number of rotatable bonds is 1. The van der Waals surface area contributed by atoms with Crippen molar-refractivity contribution in [1.29, 1.82) is 0 Å². The molecule has 0 aliphatic rings. The molecule has 0 radical (unpaired) electrons. The van der Waals surface area contributed by atoms with Crippen molar-refractivity contribution in [3.05, 3.63) is 75.3 Å². The van der Waals surface area contributed by atoms with Gasteiger partial charge in [-0.3, -0.25) is 9.20 Å². The molecule has 138 valence electrons. The van der Waals surface area contributed by atoms with E-state index in [9.17, 15) is 4.79 Å². The van der Waals surface area contributed by atoms with Gasteiger partial charge in [0.15, 0.2) is 11.3 Å². The Bertz CT molecular complexity index is 1480. The SMILES string of the molecule is Cc1ccc(-n2nc(C)c(=O)c3c2nc(C)n2c4ccccc4nc32)cc1C. The van der Waals surface area contributed by atoms with Crippen LogP contribution in [0, 0.1) is 27.7 Å². The smallest absolute Gasteiger partial charge is 0.216 e. The summed E-state index contributed by atoms with van der Waals surface area (Å²) < 4.78 is 3.70. The van der Waals surface area contributed by atoms with Gasteiger partial charge in [-0.2, -0.15) is 5.10 Å². The third kappa shape index (κ3) is 2.21. The van der Waals surface area contributed by atoms with Gasteiger partial charge in [0.05, 0.1) is 16.7 Å². The van der Waals surface area contributed by atoms with Crippen molar-refractivity contribution in [1.82, 2.24) is 24.1 Å². The molecule has 0 N–H and O–H groups in total. The van der Waals surface area contributed by atoms with Crippen molar-refractivity contribution in [2.24, 2.45) is 0 Å². The molecule has 0 unspecified atom stereocenters. The van der Waals surface area contributed by atoms with E-state index in [4.69, 9.17) is 9.97 Å². The van der Waals surface area contributed by atoms with Crippen LogP contribution < -0.4 is 5.43 Å². The summed E-state index contributed by atoms with van der Waals surface area (Å²) in [6.07, 6.45) is 0. The third-order valence-corrected chi connectivity index (χ3v) is 5.34. The fraction of sp³-hybridized carbons (Fsp3) is 0.182. The molecule has 28 heavy (non-hydrogen) atoms. The molecule has 2 aromatic carbocycles. The first-order chi connectivity index (χ1) is 13.5. The average Bonchev–Trinajstić information content (AvgIpc) is 3.07. The van der Waals surface area contributed by atoms with Crippen LogP contribution in [0.1, 0.15) is 22.6 Å². The molecule has 3 aromatic heterocycles. The van der Waals surface area contributed by atoms with E-state index in [-0.39, 0.29) is 5.43 Å². The molecule has 0 fully saturated rings. The minimum absolute atomic E-state index is 0.136. The molecule has 0 saturated carbocycles. The number of fused-ring (bicyclic) bond motifs is 5. The first-order valence-electron chi connectivity index (χ1n) is 9.21. The van der Waals surface area contributed by atoms with Crippen LogP contribution in [0.25, 0.3) is 33.4 Å². The van der Waals surface area contributed by atoms with Gasteiger partial charge >= 0.3 is 0 Å². The lowest BCUT2D eigenvalue weighted by Gasteiger charge is -2.13. The van der Waals surface area contributed by atoms with Gasteiger partial charge in [-0.15, -0.1) is 0 Å². The molecule has 0 atom stereocenters. The molecule has 5 aromatic rings. The zero-order valence-electron chi connectivity index (χ0n) is 16.2. The molecule has 6 nitrogen and oxygen atoms in total. The lowest BCUT2D eigenvalue weighted by Crippen LogP contribution is -2.19. The van der Waals surface area contributed by atoms with Gasteiger partial charge in [-0.05, 0) is 63.1 Å². The van der Waals surface area contributed by atoms with Crippen LogP contribution in [0.5, 0.6) is 0 Å². The van der Waals surface area contributed by atoms with Crippen LogP contribution in [0.15, 0.2) is 47.3 Å². The molecule has 0 spiro atoms. The van der Waals surface area contributed by atoms with Crippen LogP contribution in [-0.4, -0.2) is 24.1 Å². The van der Waals surface area contributed by atoms with Crippen molar-refractivity contribution < 1.29 is 0 Å². The van der Waals surface area contributed by atoms with Crippen molar-refractivity contribution in [3.8, 4) is 5.69 Å². The normalized spacial score (nSPS) is 11.7. The Morgan fingerprint density at radius 2 is 1.64 bits per heavy atom. The minimum Gasteiger partial charge on any atom is -0.287 e. The summed E-state index contributed by atoms with van der Waals surface area (Å²) in [6.45, 7) is 7.80. The third-order valence-electron chi connectivity index (χ3n) is 5.34. The molecule has 3 heterocycles. The van der Waals surface area contributed by atoms with Crippen molar-refractivity contribution in [2.45, 2.75) is 27.7 Å². The quantitative estimate of drug-likeness (QED) is 0.451. The Morgan fingerprint density at radius 1 is 0.857 bits per heavy atom. The average molecular weight is 369 g/mol. The Balaban J connectivity index is 2.00. The van der Waals surface area contributed by atoms with Gasteiger partial charge in [0.1, 0.15) is 16.9 Å². The number of nitrogens with zero attached hydrogens (tertiary/aromatic N) is 5. The standard InChI is InChI=1S/C22H19N5O/c1-12-9-10-16(11-13(12)2)27-22-19(20(28)14(3)25-27)21-24-17-7-5-6-8-18(17)26(21)15(4)23-22/h5-11H,1-4H3. The molecule has 5 rings (SSSR count). The number of hydrogen-bond donors (Lipinski definition) is 0. The maximum absolute atomic E-state index is 13.1. The van der Waals surface area contributed by atoms with E-state index in [1.54, 1.807) is 11.6 Å². The first kappa shape index (κ1) is 16.6. The second kappa shape index (κ2) is 5.73. The predicted molar refractivity (Wildman–Crippen MR) is 110 cm³/mol. The van der Waals surface area contributed by atoms with Gasteiger partial charge in [0.25, 0.3) is 0 Å². The van der Waals surface area contributed by atoms with Gasteiger partial charge in [0, 0.05) is 0 Å². The lowest BCUT2D eigenvalue weighted by atomic mass is 10.1. The van der Waals surface area contributed by atoms with E-state index in [2.05, 4.69) is 31.1 Å². The highest BCUT2D eigenvalue weighted by molar-refractivity contribution is 5.95. The molecular weight excluding hydrogens is 350 g/mol. The van der Waals surface area contributed by atoms with Gasteiger partial charge < -0.3 is 0 Å². The summed E-state index contributed by atoms with van der Waals surface area (Å²) in [7, 11) is 0. The largest absolute Gasteiger partial charge is 0.287 e. The number of aryl methyl sites for hydroxylation is 4. The van der Waals surface area contributed by atoms with E-state index in [1.165, 1.54) is 5.56 Å². The van der Waals surface area contributed by atoms with E-state index in [0.717, 1.165) is 28.1 Å². The van der Waals surface area contributed by atoms with Crippen molar-refractivity contribution in [2.75, 3.05) is 0 Å². The van der Waals surface area contributed by atoms with E-state index >= 15 is 0 Å². The van der Waals surface area contributed by atoms with Crippen LogP contribution >= 0.6 is 0 Å². The van der Waals surface area contributed by atoms with Crippen molar-refractivity contribution in [3.63, 3.8) is 0 Å².